The highest BCUT2D eigenvalue weighted by molar-refractivity contribution is 7.99. The Kier molecular flexibility index (Phi) is 5.53. The van der Waals surface area contributed by atoms with Crippen molar-refractivity contribution >= 4 is 17.9 Å². The van der Waals surface area contributed by atoms with Crippen LogP contribution >= 0.6 is 11.8 Å². The summed E-state index contributed by atoms with van der Waals surface area (Å²) in [5.74, 6) is 1.08. The summed E-state index contributed by atoms with van der Waals surface area (Å²) in [6.45, 7) is 7.11. The number of thioether (sulfide) groups is 1. The van der Waals surface area contributed by atoms with Gasteiger partial charge >= 0.3 is 6.09 Å². The molecule has 1 aliphatic heterocycles. The van der Waals surface area contributed by atoms with E-state index in [9.17, 15) is 4.79 Å². The quantitative estimate of drug-likeness (QED) is 0.819. The van der Waals surface area contributed by atoms with Crippen LogP contribution in [0.1, 0.15) is 38.8 Å². The molecule has 2 rings (SSSR count). The lowest BCUT2D eigenvalue weighted by atomic mass is 10.1. The molecule has 0 spiro atoms. The van der Waals surface area contributed by atoms with Crippen molar-refractivity contribution in [2.45, 2.75) is 43.7 Å². The summed E-state index contributed by atoms with van der Waals surface area (Å²) in [5, 5.41) is 6.32. The molecular weight excluding hydrogens is 284 g/mol. The van der Waals surface area contributed by atoms with Gasteiger partial charge in [0, 0.05) is 23.2 Å². The van der Waals surface area contributed by atoms with E-state index in [1.807, 2.05) is 32.5 Å². The molecule has 1 unspecified atom stereocenters. The molecule has 21 heavy (non-hydrogen) atoms. The number of ether oxygens (including phenoxy) is 1. The Balaban J connectivity index is 1.62. The van der Waals surface area contributed by atoms with Crippen molar-refractivity contribution in [2.75, 3.05) is 18.8 Å². The zero-order chi connectivity index (χ0) is 15.3. The number of hydrogen-bond donors (Lipinski definition) is 2. The summed E-state index contributed by atoms with van der Waals surface area (Å²) < 4.78 is 5.19. The Labute approximate surface area is 131 Å². The van der Waals surface area contributed by atoms with E-state index in [-0.39, 0.29) is 6.09 Å². The molecule has 4 nitrogen and oxygen atoms in total. The van der Waals surface area contributed by atoms with Crippen molar-refractivity contribution < 1.29 is 9.53 Å². The van der Waals surface area contributed by atoms with Crippen LogP contribution in [0.5, 0.6) is 0 Å². The van der Waals surface area contributed by atoms with E-state index >= 15 is 0 Å². The SMILES string of the molecule is CC(C)(C)OC(=O)NCCCNC1CSc2ccccc21. The maximum absolute atomic E-state index is 11.5. The van der Waals surface area contributed by atoms with E-state index in [1.165, 1.54) is 10.5 Å². The predicted molar refractivity (Wildman–Crippen MR) is 86.8 cm³/mol. The molecule has 1 heterocycles. The first-order valence-electron chi connectivity index (χ1n) is 7.38. The summed E-state index contributed by atoms with van der Waals surface area (Å²) in [4.78, 5) is 12.9. The molecular formula is C16H24N2O2S. The van der Waals surface area contributed by atoms with Crippen LogP contribution < -0.4 is 10.6 Å². The lowest BCUT2D eigenvalue weighted by Gasteiger charge is -2.19. The number of amides is 1. The highest BCUT2D eigenvalue weighted by Gasteiger charge is 2.21. The number of nitrogens with one attached hydrogen (secondary N) is 2. The van der Waals surface area contributed by atoms with Gasteiger partial charge < -0.3 is 15.4 Å². The lowest BCUT2D eigenvalue weighted by molar-refractivity contribution is 0.0527. The van der Waals surface area contributed by atoms with Gasteiger partial charge in [0.15, 0.2) is 0 Å². The van der Waals surface area contributed by atoms with Crippen LogP contribution in [0.15, 0.2) is 29.2 Å². The summed E-state index contributed by atoms with van der Waals surface area (Å²) >= 11 is 1.90. The van der Waals surface area contributed by atoms with Crippen molar-refractivity contribution in [3.05, 3.63) is 29.8 Å². The van der Waals surface area contributed by atoms with E-state index in [1.54, 1.807) is 0 Å². The molecule has 0 aliphatic carbocycles. The average Bonchev–Trinajstić information content (AvgIpc) is 2.80. The molecule has 1 aromatic rings. The third kappa shape index (κ3) is 5.25. The molecule has 116 valence electrons. The van der Waals surface area contributed by atoms with Crippen molar-refractivity contribution in [3.63, 3.8) is 0 Å². The molecule has 0 saturated heterocycles. The number of hydrogen-bond acceptors (Lipinski definition) is 4. The Morgan fingerprint density at radius 2 is 2.10 bits per heavy atom. The van der Waals surface area contributed by atoms with Crippen LogP contribution in [0.4, 0.5) is 4.79 Å². The van der Waals surface area contributed by atoms with Gasteiger partial charge in [-0.3, -0.25) is 0 Å². The number of fused-ring (bicyclic) bond motifs is 1. The molecule has 1 amide bonds. The van der Waals surface area contributed by atoms with Gasteiger partial charge in [-0.2, -0.15) is 0 Å². The fourth-order valence-corrected chi connectivity index (χ4v) is 3.40. The van der Waals surface area contributed by atoms with Crippen LogP contribution in [0.3, 0.4) is 0 Å². The Morgan fingerprint density at radius 1 is 1.33 bits per heavy atom. The smallest absolute Gasteiger partial charge is 0.407 e. The monoisotopic (exact) mass is 308 g/mol. The average molecular weight is 308 g/mol. The Bertz CT molecular complexity index is 485. The fraction of sp³-hybridized carbons (Fsp3) is 0.562. The van der Waals surface area contributed by atoms with Gasteiger partial charge in [-0.15, -0.1) is 11.8 Å². The van der Waals surface area contributed by atoms with Gasteiger partial charge in [-0.25, -0.2) is 4.79 Å². The first kappa shape index (κ1) is 16.2. The van der Waals surface area contributed by atoms with Crippen molar-refractivity contribution in [2.24, 2.45) is 0 Å². The summed E-state index contributed by atoms with van der Waals surface area (Å²) in [5.41, 5.74) is 0.954. The predicted octanol–water partition coefficient (Wildman–Crippen LogP) is 3.34. The lowest BCUT2D eigenvalue weighted by Crippen LogP contribution is -2.34. The number of rotatable bonds is 5. The Morgan fingerprint density at radius 3 is 2.86 bits per heavy atom. The first-order valence-corrected chi connectivity index (χ1v) is 8.36. The van der Waals surface area contributed by atoms with Gasteiger partial charge in [0.2, 0.25) is 0 Å². The van der Waals surface area contributed by atoms with Crippen molar-refractivity contribution in [3.8, 4) is 0 Å². The molecule has 0 aromatic heterocycles. The second kappa shape index (κ2) is 7.18. The maximum Gasteiger partial charge on any atom is 0.407 e. The zero-order valence-corrected chi connectivity index (χ0v) is 13.8. The third-order valence-corrected chi connectivity index (χ3v) is 4.30. The van der Waals surface area contributed by atoms with Crippen LogP contribution in [0, 0.1) is 0 Å². The molecule has 1 aromatic carbocycles. The molecule has 2 N–H and O–H groups in total. The van der Waals surface area contributed by atoms with Crippen LogP contribution in [-0.2, 0) is 4.74 Å². The number of benzene rings is 1. The van der Waals surface area contributed by atoms with Crippen LogP contribution in [0.2, 0.25) is 0 Å². The third-order valence-electron chi connectivity index (χ3n) is 3.11. The van der Waals surface area contributed by atoms with E-state index in [4.69, 9.17) is 4.74 Å². The van der Waals surface area contributed by atoms with Crippen molar-refractivity contribution in [1.82, 2.24) is 10.6 Å². The molecule has 1 atom stereocenters. The molecule has 0 saturated carbocycles. The van der Waals surface area contributed by atoms with E-state index in [2.05, 4.69) is 34.9 Å². The largest absolute Gasteiger partial charge is 0.444 e. The number of carbonyl (C=O) groups excluding carboxylic acids is 1. The minimum atomic E-state index is -0.437. The van der Waals surface area contributed by atoms with Gasteiger partial charge in [0.1, 0.15) is 5.60 Å². The fourth-order valence-electron chi connectivity index (χ4n) is 2.20. The van der Waals surface area contributed by atoms with E-state index in [0.29, 0.717) is 12.6 Å². The standard InChI is InChI=1S/C16H24N2O2S/c1-16(2,3)20-15(19)18-10-6-9-17-13-11-21-14-8-5-4-7-12(13)14/h4-5,7-8,13,17H,6,9-11H2,1-3H3,(H,18,19). The normalized spacial score (nSPS) is 17.4. The van der Waals surface area contributed by atoms with E-state index in [0.717, 1.165) is 18.7 Å². The van der Waals surface area contributed by atoms with Crippen LogP contribution in [0.25, 0.3) is 0 Å². The van der Waals surface area contributed by atoms with Gasteiger partial charge in [-0.05, 0) is 45.4 Å². The molecule has 1 aliphatic rings. The van der Waals surface area contributed by atoms with Gasteiger partial charge in [0.05, 0.1) is 0 Å². The number of alkyl carbamates (subject to hydrolysis) is 1. The minimum Gasteiger partial charge on any atom is -0.444 e. The summed E-state index contributed by atoms with van der Waals surface area (Å²) in [6, 6.07) is 8.95. The van der Waals surface area contributed by atoms with Crippen molar-refractivity contribution in [1.29, 1.82) is 0 Å². The molecule has 0 bridgehead atoms. The highest BCUT2D eigenvalue weighted by atomic mass is 32.2. The molecule has 0 radical (unpaired) electrons. The van der Waals surface area contributed by atoms with Crippen LogP contribution in [-0.4, -0.2) is 30.5 Å². The maximum atomic E-state index is 11.5. The molecule has 0 fully saturated rings. The highest BCUT2D eigenvalue weighted by Crippen LogP contribution is 2.37. The zero-order valence-electron chi connectivity index (χ0n) is 12.9. The minimum absolute atomic E-state index is 0.343. The topological polar surface area (TPSA) is 50.4 Å². The number of carbonyl (C=O) groups is 1. The second-order valence-corrected chi connectivity index (χ2v) is 7.20. The summed E-state index contributed by atoms with van der Waals surface area (Å²) in [7, 11) is 0. The second-order valence-electron chi connectivity index (χ2n) is 6.14. The summed E-state index contributed by atoms with van der Waals surface area (Å²) in [6.07, 6.45) is 0.548. The first-order chi connectivity index (χ1) is 9.96. The van der Waals surface area contributed by atoms with E-state index < -0.39 is 5.60 Å². The Hall–Kier alpha value is -1.20. The van der Waals surface area contributed by atoms with Gasteiger partial charge in [-0.1, -0.05) is 18.2 Å². The van der Waals surface area contributed by atoms with Gasteiger partial charge in [0.25, 0.3) is 0 Å². The molecule has 5 heteroatoms.